The predicted molar refractivity (Wildman–Crippen MR) is 212 cm³/mol. The maximum Gasteiger partial charge on any atom is 0.509 e. The molecule has 0 spiro atoms. The highest BCUT2D eigenvalue weighted by Gasteiger charge is 2.57. The van der Waals surface area contributed by atoms with Gasteiger partial charge in [-0.05, 0) is 84.8 Å². The van der Waals surface area contributed by atoms with Crippen LogP contribution in [0.5, 0.6) is 0 Å². The highest BCUT2D eigenvalue weighted by Crippen LogP contribution is 2.40. The topological polar surface area (TPSA) is 207 Å². The van der Waals surface area contributed by atoms with Gasteiger partial charge in [-0.3, -0.25) is 14.4 Å². The average Bonchev–Trinajstić information content (AvgIpc) is 3.85. The van der Waals surface area contributed by atoms with Crippen LogP contribution < -0.4 is 5.32 Å². The Morgan fingerprint density at radius 1 is 1.07 bits per heavy atom. The van der Waals surface area contributed by atoms with Crippen LogP contribution in [0.25, 0.3) is 11.8 Å². The van der Waals surface area contributed by atoms with E-state index in [0.717, 1.165) is 0 Å². The van der Waals surface area contributed by atoms with Crippen LogP contribution in [-0.2, 0) is 42.8 Å². The maximum absolute atomic E-state index is 15.3. The molecule has 0 radical (unpaired) electrons. The van der Waals surface area contributed by atoms with E-state index >= 15 is 4.39 Å². The Bertz CT molecular complexity index is 1890. The van der Waals surface area contributed by atoms with Gasteiger partial charge in [0.15, 0.2) is 17.7 Å². The maximum atomic E-state index is 15.3. The number of esters is 1. The second-order valence-corrected chi connectivity index (χ2v) is 16.8. The third-order valence-electron chi connectivity index (χ3n) is 12.0. The number of cyclic esters (lactones) is 1. The van der Waals surface area contributed by atoms with E-state index in [1.807, 2.05) is 4.90 Å². The third-order valence-corrected chi connectivity index (χ3v) is 12.0. The number of likely N-dealkylation sites (N-methyl/N-ethyl adjacent to an activating group) is 1. The van der Waals surface area contributed by atoms with Crippen molar-refractivity contribution in [2.24, 2.45) is 23.7 Å². The summed E-state index contributed by atoms with van der Waals surface area (Å²) in [5, 5.41) is 18.3. The number of carbonyl (C=O) groups excluding carboxylic acids is 5. The number of carbonyl (C=O) groups is 5. The summed E-state index contributed by atoms with van der Waals surface area (Å²) >= 11 is 0. The fourth-order valence-electron chi connectivity index (χ4n) is 8.72. The molecule has 2 N–H and O–H groups in total. The zero-order chi connectivity index (χ0) is 44.3. The minimum absolute atomic E-state index is 0.189. The molecule has 0 saturated carbocycles. The Balaban J connectivity index is 1.50. The molecule has 0 bridgehead atoms. The number of aromatic nitrogens is 3. The Morgan fingerprint density at radius 3 is 2.37 bits per heavy atom. The zero-order valence-electron chi connectivity index (χ0n) is 35.8. The minimum Gasteiger partial charge on any atom is -0.458 e. The number of ketones is 2. The Hall–Kier alpha value is -4.78. The van der Waals surface area contributed by atoms with Crippen molar-refractivity contribution in [1.82, 2.24) is 25.0 Å². The van der Waals surface area contributed by atoms with Crippen LogP contribution in [0.4, 0.5) is 14.0 Å². The number of hydrogen-bond donors (Lipinski definition) is 2. The lowest BCUT2D eigenvalue weighted by Crippen LogP contribution is -2.60. The van der Waals surface area contributed by atoms with Crippen molar-refractivity contribution in [3.63, 3.8) is 0 Å². The predicted octanol–water partition coefficient (Wildman–Crippen LogP) is 4.58. The molecule has 17 nitrogen and oxygen atoms in total. The molecular weight excluding hydrogens is 785 g/mol. The van der Waals surface area contributed by atoms with Crippen LogP contribution in [0.15, 0.2) is 42.7 Å². The first-order valence-electron chi connectivity index (χ1n) is 20.3. The Labute approximate surface area is 349 Å². The second-order valence-electron chi connectivity index (χ2n) is 16.8. The van der Waals surface area contributed by atoms with E-state index in [9.17, 15) is 29.1 Å². The van der Waals surface area contributed by atoms with Crippen LogP contribution in [0.2, 0.25) is 0 Å². The summed E-state index contributed by atoms with van der Waals surface area (Å²) in [6, 6.07) is 5.28. The van der Waals surface area contributed by atoms with Gasteiger partial charge in [-0.1, -0.05) is 39.8 Å². The fraction of sp³-hybridized carbons (Fsp3) is 0.643. The van der Waals surface area contributed by atoms with Crippen LogP contribution in [0, 0.1) is 23.7 Å². The largest absolute Gasteiger partial charge is 0.509 e. The third kappa shape index (κ3) is 10.0. The highest BCUT2D eigenvalue weighted by molar-refractivity contribution is 6.00. The first-order chi connectivity index (χ1) is 28.2. The number of Topliss-reactive ketones (excluding diaryl/α,β-unsaturated/α-hetero) is 2. The molecule has 1 amide bonds. The van der Waals surface area contributed by atoms with E-state index in [-0.39, 0.29) is 18.6 Å². The van der Waals surface area contributed by atoms with Gasteiger partial charge in [-0.15, -0.1) is 0 Å². The summed E-state index contributed by atoms with van der Waals surface area (Å²) in [4.78, 5) is 74.7. The summed E-state index contributed by atoms with van der Waals surface area (Å²) in [5.74, 6) is -7.35. The van der Waals surface area contributed by atoms with E-state index in [2.05, 4.69) is 15.4 Å². The molecule has 3 fully saturated rings. The van der Waals surface area contributed by atoms with Crippen molar-refractivity contribution in [2.45, 2.75) is 129 Å². The molecule has 18 heteroatoms. The molecule has 0 unspecified atom stereocenters. The van der Waals surface area contributed by atoms with Gasteiger partial charge in [0.1, 0.15) is 60.7 Å². The van der Waals surface area contributed by atoms with Crippen LogP contribution in [0.1, 0.15) is 80.2 Å². The molecule has 330 valence electrons. The van der Waals surface area contributed by atoms with Crippen LogP contribution in [-0.4, -0.2) is 129 Å². The molecule has 4 heterocycles. The summed E-state index contributed by atoms with van der Waals surface area (Å²) in [6.45, 7) is 11.7. The summed E-state index contributed by atoms with van der Waals surface area (Å²) in [7, 11) is 3.57. The van der Waals surface area contributed by atoms with Gasteiger partial charge in [0.05, 0.1) is 17.8 Å². The number of benzene rings is 1. The lowest BCUT2D eigenvalue weighted by molar-refractivity contribution is -0.293. The number of rotatable bonds is 9. The van der Waals surface area contributed by atoms with Crippen molar-refractivity contribution in [2.75, 3.05) is 20.7 Å². The van der Waals surface area contributed by atoms with Gasteiger partial charge in [-0.25, -0.2) is 23.6 Å². The fourth-order valence-corrected chi connectivity index (χ4v) is 8.72. The van der Waals surface area contributed by atoms with Crippen molar-refractivity contribution in [3.05, 3.63) is 48.3 Å². The van der Waals surface area contributed by atoms with Crippen molar-refractivity contribution in [3.8, 4) is 5.69 Å². The first-order valence-corrected chi connectivity index (χ1v) is 20.3. The van der Waals surface area contributed by atoms with Gasteiger partial charge in [0.2, 0.25) is 0 Å². The number of halogens is 1. The molecule has 1 aromatic heterocycles. The van der Waals surface area contributed by atoms with Crippen molar-refractivity contribution < 1.29 is 61.9 Å². The van der Waals surface area contributed by atoms with E-state index in [4.69, 9.17) is 28.4 Å². The quantitative estimate of drug-likeness (QED) is 0.201. The molecule has 13 atom stereocenters. The minimum atomic E-state index is -1.94. The van der Waals surface area contributed by atoms with Crippen LogP contribution >= 0.6 is 0 Å². The van der Waals surface area contributed by atoms with Gasteiger partial charge in [0, 0.05) is 23.8 Å². The Kier molecular flexibility index (Phi) is 14.6. The number of ether oxygens (including phenoxy) is 6. The van der Waals surface area contributed by atoms with E-state index in [1.54, 1.807) is 73.0 Å². The van der Waals surface area contributed by atoms with Gasteiger partial charge >= 0.3 is 18.2 Å². The number of nitrogens with one attached hydrogen (secondary N) is 1. The number of nitrogens with zero attached hydrogens (tertiary/aromatic N) is 4. The highest BCUT2D eigenvalue weighted by atomic mass is 19.1. The molecule has 1 aromatic carbocycles. The zero-order valence-corrected chi connectivity index (χ0v) is 35.8. The molecule has 60 heavy (non-hydrogen) atoms. The monoisotopic (exact) mass is 843 g/mol. The normalized spacial score (nSPS) is 35.8. The molecule has 3 aliphatic heterocycles. The number of fused-ring (bicyclic) bond motifs is 1. The van der Waals surface area contributed by atoms with Gasteiger partial charge in [0.25, 0.3) is 0 Å². The smallest absolute Gasteiger partial charge is 0.458 e. The lowest BCUT2D eigenvalue weighted by atomic mass is 9.73. The Morgan fingerprint density at radius 2 is 1.75 bits per heavy atom. The number of hydrogen-bond acceptors (Lipinski definition) is 15. The van der Waals surface area contributed by atoms with Crippen molar-refractivity contribution in [1.29, 1.82) is 0 Å². The van der Waals surface area contributed by atoms with Crippen molar-refractivity contribution >= 4 is 35.9 Å². The summed E-state index contributed by atoms with van der Waals surface area (Å²) < 4.78 is 52.3. The molecule has 0 aliphatic carbocycles. The van der Waals surface area contributed by atoms with E-state index < -0.39 is 114 Å². The second kappa shape index (κ2) is 18.9. The molecule has 2 aromatic rings. The number of amides is 1. The average molecular weight is 844 g/mol. The number of alkyl carbamates (subject to hydrolysis) is 1. The van der Waals surface area contributed by atoms with E-state index in [0.29, 0.717) is 17.7 Å². The number of aliphatic hydroxyl groups excluding tert-OH is 1. The standard InChI is InChI=1S/C42H58FN5O12/c1-11-31-42(8)35(46-39(53)59-42)24(4)32(49)22(2)18-41(7,60-40(54)55-19-28(43)17-27-12-14-29(15-13-27)48-21-44-20-45-48)36(25(5)33(50)26(6)37(52)57-31)58-38-34(51)30(47(9)10)16-23(3)56-38/h12-15,17,20-26,30-31,34-36,38,51H,11,16,18-19H2,1-10H3,(H,46,53)/b28-17-/t22-,23-,24+,25+,26-,30+,31-,34-,35-,36-,38+,41-,42-/m1/s1. The van der Waals surface area contributed by atoms with Gasteiger partial charge in [-0.2, -0.15) is 5.10 Å². The summed E-state index contributed by atoms with van der Waals surface area (Å²) in [5.41, 5.74) is -2.27. The number of aliphatic hydroxyl groups is 1. The summed E-state index contributed by atoms with van der Waals surface area (Å²) in [6.07, 6.45) is -3.29. The van der Waals surface area contributed by atoms with Gasteiger partial charge < -0.3 is 43.7 Å². The molecular formula is C42H58FN5O12. The molecule has 3 saturated heterocycles. The van der Waals surface area contributed by atoms with Crippen LogP contribution in [0.3, 0.4) is 0 Å². The molecule has 5 rings (SSSR count). The first kappa shape index (κ1) is 46.3. The van der Waals surface area contributed by atoms with E-state index in [1.165, 1.54) is 44.2 Å². The SMILES string of the molecule is CC[C@H]1OC(=O)[C@H](C)C(=O)[C@H](C)[C@@H](O[C@@H]2O[C@H](C)C[C@H](N(C)C)[C@H]2O)[C@](C)(OC(=O)OC/C(F)=C/c2ccc(-n3cncn3)cc2)C[C@@H](C)C(=O)[C@H](C)[C@H]2NC(=O)O[C@@]21C. The molecule has 3 aliphatic rings. The lowest BCUT2D eigenvalue weighted by Gasteiger charge is -2.46.